The van der Waals surface area contributed by atoms with E-state index < -0.39 is 0 Å². The molecule has 1 rings (SSSR count). The highest BCUT2D eigenvalue weighted by Gasteiger charge is 1.90. The second-order valence-electron chi connectivity index (χ2n) is 1.75. The van der Waals surface area contributed by atoms with Crippen molar-refractivity contribution in [2.45, 2.75) is 13.3 Å². The number of allylic oxidation sites excluding steroid dienone is 1. The minimum atomic E-state index is 0.889. The molecule has 0 spiro atoms. The zero-order valence-corrected chi connectivity index (χ0v) is 5.02. The summed E-state index contributed by atoms with van der Waals surface area (Å²) in [6.45, 7) is 3.02. The smallest absolute Gasteiger partial charge is 0.0516 e. The van der Waals surface area contributed by atoms with Crippen LogP contribution in [0, 0.1) is 0 Å². The van der Waals surface area contributed by atoms with E-state index in [2.05, 4.69) is 23.5 Å². The van der Waals surface area contributed by atoms with Gasteiger partial charge in [0.25, 0.3) is 0 Å². The Labute approximate surface area is 49.3 Å². The summed E-state index contributed by atoms with van der Waals surface area (Å²) in [5.41, 5.74) is 4.16. The Balaban J connectivity index is 2.51. The Kier molecular flexibility index (Phi) is 1.67. The van der Waals surface area contributed by atoms with E-state index in [1.807, 2.05) is 6.21 Å². The van der Waals surface area contributed by atoms with Gasteiger partial charge in [-0.05, 0) is 12.0 Å². The molecule has 0 aliphatic carbocycles. The first-order valence-corrected chi connectivity index (χ1v) is 2.88. The maximum atomic E-state index is 3.89. The Morgan fingerprint density at radius 1 is 1.88 bits per heavy atom. The molecule has 0 saturated heterocycles. The lowest BCUT2D eigenvalue weighted by molar-refractivity contribution is 0.811. The van der Waals surface area contributed by atoms with Crippen LogP contribution in [0.5, 0.6) is 0 Å². The summed E-state index contributed by atoms with van der Waals surface area (Å²) in [6.07, 6.45) is 5.10. The lowest BCUT2D eigenvalue weighted by Crippen LogP contribution is -2.10. The van der Waals surface area contributed by atoms with E-state index in [-0.39, 0.29) is 0 Å². The van der Waals surface area contributed by atoms with Gasteiger partial charge in [-0.15, -0.1) is 0 Å². The highest BCUT2D eigenvalue weighted by molar-refractivity contribution is 5.78. The summed E-state index contributed by atoms with van der Waals surface area (Å²) in [5.74, 6) is 0. The van der Waals surface area contributed by atoms with Crippen LogP contribution in [0.3, 0.4) is 0 Å². The van der Waals surface area contributed by atoms with E-state index in [4.69, 9.17) is 0 Å². The zero-order valence-electron chi connectivity index (χ0n) is 5.02. The highest BCUT2D eigenvalue weighted by Crippen LogP contribution is 1.97. The Bertz CT molecular complexity index is 124. The molecule has 0 atom stereocenters. The molecule has 2 heteroatoms. The van der Waals surface area contributed by atoms with Crippen LogP contribution in [0.4, 0.5) is 0 Å². The monoisotopic (exact) mass is 110 g/mol. The maximum absolute atomic E-state index is 3.89. The molecule has 1 aliphatic heterocycles. The maximum Gasteiger partial charge on any atom is 0.0516 e. The molecule has 0 aromatic heterocycles. The summed E-state index contributed by atoms with van der Waals surface area (Å²) in [7, 11) is 0. The first-order chi connectivity index (χ1) is 3.93. The second kappa shape index (κ2) is 2.50. The van der Waals surface area contributed by atoms with Gasteiger partial charge < -0.3 is 5.43 Å². The molecule has 0 fully saturated rings. The van der Waals surface area contributed by atoms with Crippen LogP contribution in [0.2, 0.25) is 0 Å². The van der Waals surface area contributed by atoms with Gasteiger partial charge in [-0.1, -0.05) is 13.0 Å². The van der Waals surface area contributed by atoms with Crippen LogP contribution in [0.15, 0.2) is 16.8 Å². The number of rotatable bonds is 1. The number of hydrazone groups is 1. The average Bonchev–Trinajstić information content (AvgIpc) is 1.90. The second-order valence-corrected chi connectivity index (χ2v) is 1.75. The normalized spacial score (nSPS) is 17.4. The lowest BCUT2D eigenvalue weighted by Gasteiger charge is -2.02. The number of hydrogen-bond acceptors (Lipinski definition) is 2. The molecular formula is C6H10N2. The van der Waals surface area contributed by atoms with Crippen LogP contribution in [0.1, 0.15) is 13.3 Å². The number of nitrogens with one attached hydrogen (secondary N) is 1. The van der Waals surface area contributed by atoms with E-state index in [0.717, 1.165) is 13.0 Å². The topological polar surface area (TPSA) is 24.4 Å². The minimum Gasteiger partial charge on any atom is -0.306 e. The molecule has 0 aromatic carbocycles. The molecule has 0 aromatic rings. The van der Waals surface area contributed by atoms with Gasteiger partial charge in [-0.2, -0.15) is 5.10 Å². The van der Waals surface area contributed by atoms with Crippen molar-refractivity contribution in [3.8, 4) is 0 Å². The lowest BCUT2D eigenvalue weighted by atomic mass is 10.2. The van der Waals surface area contributed by atoms with Crippen molar-refractivity contribution in [3.63, 3.8) is 0 Å². The van der Waals surface area contributed by atoms with Gasteiger partial charge in [0.15, 0.2) is 0 Å². The van der Waals surface area contributed by atoms with E-state index in [1.165, 1.54) is 5.57 Å². The predicted octanol–water partition coefficient (Wildman–Crippen LogP) is 0.912. The molecular weight excluding hydrogens is 100 g/mol. The zero-order chi connectivity index (χ0) is 5.82. The molecule has 8 heavy (non-hydrogen) atoms. The van der Waals surface area contributed by atoms with Gasteiger partial charge >= 0.3 is 0 Å². The molecule has 1 heterocycles. The fraction of sp³-hybridized carbons (Fsp3) is 0.500. The molecule has 0 saturated carbocycles. The van der Waals surface area contributed by atoms with Crippen LogP contribution >= 0.6 is 0 Å². The first kappa shape index (κ1) is 5.35. The molecule has 44 valence electrons. The minimum absolute atomic E-state index is 0.889. The van der Waals surface area contributed by atoms with E-state index in [1.54, 1.807) is 0 Å². The predicted molar refractivity (Wildman–Crippen MR) is 34.9 cm³/mol. The van der Waals surface area contributed by atoms with Crippen molar-refractivity contribution in [1.29, 1.82) is 0 Å². The fourth-order valence-corrected chi connectivity index (χ4v) is 0.646. The first-order valence-electron chi connectivity index (χ1n) is 2.88. The van der Waals surface area contributed by atoms with Crippen LogP contribution < -0.4 is 5.43 Å². The summed E-state index contributed by atoms with van der Waals surface area (Å²) < 4.78 is 0. The Morgan fingerprint density at radius 2 is 2.75 bits per heavy atom. The summed E-state index contributed by atoms with van der Waals surface area (Å²) in [4.78, 5) is 0. The van der Waals surface area contributed by atoms with Gasteiger partial charge in [0, 0.05) is 6.21 Å². The number of nitrogens with zero attached hydrogens (tertiary/aromatic N) is 1. The molecule has 0 unspecified atom stereocenters. The van der Waals surface area contributed by atoms with Gasteiger partial charge in [-0.25, -0.2) is 0 Å². The molecule has 2 nitrogen and oxygen atoms in total. The third-order valence-electron chi connectivity index (χ3n) is 1.19. The van der Waals surface area contributed by atoms with Crippen LogP contribution in [-0.4, -0.2) is 12.8 Å². The standard InChI is InChI=1S/C6H10N2/c1-2-6-3-4-7-8-5-6/h3,5,7H,2,4H2,1H3. The van der Waals surface area contributed by atoms with Gasteiger partial charge in [-0.3, -0.25) is 0 Å². The van der Waals surface area contributed by atoms with Crippen LogP contribution in [0.25, 0.3) is 0 Å². The SMILES string of the molecule is CCC1=CCNN=C1. The van der Waals surface area contributed by atoms with Gasteiger partial charge in [0.1, 0.15) is 0 Å². The van der Waals surface area contributed by atoms with Crippen molar-refractivity contribution in [2.75, 3.05) is 6.54 Å². The summed E-state index contributed by atoms with van der Waals surface area (Å²) in [5, 5.41) is 3.89. The van der Waals surface area contributed by atoms with Crippen molar-refractivity contribution in [2.24, 2.45) is 5.10 Å². The summed E-state index contributed by atoms with van der Waals surface area (Å²) >= 11 is 0. The summed E-state index contributed by atoms with van der Waals surface area (Å²) in [6, 6.07) is 0. The van der Waals surface area contributed by atoms with Gasteiger partial charge in [0.05, 0.1) is 6.54 Å². The van der Waals surface area contributed by atoms with Crippen molar-refractivity contribution >= 4 is 6.21 Å². The molecule has 1 N–H and O–H groups in total. The van der Waals surface area contributed by atoms with E-state index >= 15 is 0 Å². The molecule has 0 radical (unpaired) electrons. The molecule has 0 amide bonds. The molecule has 0 bridgehead atoms. The van der Waals surface area contributed by atoms with Crippen molar-refractivity contribution in [3.05, 3.63) is 11.6 Å². The number of hydrogen-bond donors (Lipinski definition) is 1. The Morgan fingerprint density at radius 3 is 3.12 bits per heavy atom. The Hall–Kier alpha value is -0.790. The van der Waals surface area contributed by atoms with Crippen molar-refractivity contribution < 1.29 is 0 Å². The third kappa shape index (κ3) is 1.09. The third-order valence-corrected chi connectivity index (χ3v) is 1.19. The molecule has 1 aliphatic rings. The average molecular weight is 110 g/mol. The van der Waals surface area contributed by atoms with Crippen molar-refractivity contribution in [1.82, 2.24) is 5.43 Å². The quantitative estimate of drug-likeness (QED) is 0.533. The van der Waals surface area contributed by atoms with Gasteiger partial charge in [0.2, 0.25) is 0 Å². The largest absolute Gasteiger partial charge is 0.306 e. The van der Waals surface area contributed by atoms with E-state index in [0.29, 0.717) is 0 Å². The van der Waals surface area contributed by atoms with Crippen LogP contribution in [-0.2, 0) is 0 Å². The fourth-order valence-electron chi connectivity index (χ4n) is 0.646. The highest BCUT2D eigenvalue weighted by atomic mass is 15.3. The van der Waals surface area contributed by atoms with E-state index in [9.17, 15) is 0 Å².